The number of hydrogen-bond donors (Lipinski definition) is 0. The van der Waals surface area contributed by atoms with Crippen molar-refractivity contribution < 1.29 is 23.7 Å². The Balaban J connectivity index is 3.57. The standard InChI is InChI=1S/C27H44O5Si2/c1-10-17-29-26-23(15-20-34(12-3,13-4)14-5)25(21-31-22(6)28)32-24(16-19-33(7,8)9)27(26)30-18-11-2/h10-11,23-27H,1-2,12-14,17-18,21H2,3-9H3/t23-,24-,25-,26+,27+/m1/s1. The normalized spacial score (nSPS) is 24.7. The van der Waals surface area contributed by atoms with Crippen LogP contribution in [0.3, 0.4) is 0 Å². The number of esters is 1. The number of rotatable bonds is 11. The van der Waals surface area contributed by atoms with E-state index in [9.17, 15) is 4.79 Å². The van der Waals surface area contributed by atoms with E-state index >= 15 is 0 Å². The van der Waals surface area contributed by atoms with Gasteiger partial charge in [0.05, 0.1) is 19.1 Å². The van der Waals surface area contributed by atoms with Crippen LogP contribution < -0.4 is 0 Å². The summed E-state index contributed by atoms with van der Waals surface area (Å²) in [5.74, 6) is 6.18. The minimum absolute atomic E-state index is 0.0981. The molecule has 5 nitrogen and oxygen atoms in total. The van der Waals surface area contributed by atoms with E-state index in [1.54, 1.807) is 12.2 Å². The van der Waals surface area contributed by atoms with Crippen LogP contribution in [0.15, 0.2) is 25.3 Å². The third-order valence-electron chi connectivity index (χ3n) is 6.09. The topological polar surface area (TPSA) is 54.0 Å². The molecule has 1 aliphatic rings. The number of carbonyl (C=O) groups excluding carboxylic acids is 1. The zero-order valence-electron chi connectivity index (χ0n) is 22.2. The molecule has 0 unspecified atom stereocenters. The summed E-state index contributed by atoms with van der Waals surface area (Å²) in [4.78, 5) is 11.6. The quantitative estimate of drug-likeness (QED) is 0.171. The summed E-state index contributed by atoms with van der Waals surface area (Å²) in [6.07, 6.45) is 1.59. The summed E-state index contributed by atoms with van der Waals surface area (Å²) in [6, 6.07) is 3.27. The van der Waals surface area contributed by atoms with Gasteiger partial charge in [-0.05, 0) is 18.1 Å². The SMILES string of the molecule is C=CCO[C@@H]1[C@@H](OCC=C)[C@H](C#C[Si](CC)(CC)CC)[C@@H](COC(C)=O)O[C@@H]1C#C[Si](C)(C)C. The van der Waals surface area contributed by atoms with Crippen LogP contribution >= 0.6 is 0 Å². The molecule has 0 bridgehead atoms. The predicted molar refractivity (Wildman–Crippen MR) is 145 cm³/mol. The van der Waals surface area contributed by atoms with E-state index in [0.29, 0.717) is 13.2 Å². The summed E-state index contributed by atoms with van der Waals surface area (Å²) in [7, 11) is -3.38. The van der Waals surface area contributed by atoms with Gasteiger partial charge in [-0.15, -0.1) is 30.2 Å². The summed E-state index contributed by atoms with van der Waals surface area (Å²) in [5, 5.41) is 0. The highest BCUT2D eigenvalue weighted by Crippen LogP contribution is 2.31. The molecule has 0 amide bonds. The van der Waals surface area contributed by atoms with Crippen LogP contribution in [0, 0.1) is 28.8 Å². The second-order valence-electron chi connectivity index (χ2n) is 9.73. The third-order valence-corrected chi connectivity index (χ3v) is 11.7. The van der Waals surface area contributed by atoms with Crippen molar-refractivity contribution in [2.45, 2.75) is 89.9 Å². The van der Waals surface area contributed by atoms with Crippen molar-refractivity contribution in [2.24, 2.45) is 5.92 Å². The Labute approximate surface area is 209 Å². The lowest BCUT2D eigenvalue weighted by molar-refractivity contribution is -0.207. The molecule has 0 aromatic carbocycles. The minimum Gasteiger partial charge on any atom is -0.463 e. The highest BCUT2D eigenvalue weighted by atomic mass is 28.3. The van der Waals surface area contributed by atoms with Gasteiger partial charge in [-0.2, -0.15) is 0 Å². The molecule has 1 aliphatic heterocycles. The lowest BCUT2D eigenvalue weighted by Gasteiger charge is -2.43. The van der Waals surface area contributed by atoms with E-state index in [1.165, 1.54) is 6.92 Å². The Bertz CT molecular complexity index is 784. The van der Waals surface area contributed by atoms with Crippen LogP contribution in [-0.4, -0.2) is 66.4 Å². The Morgan fingerprint density at radius 1 is 0.941 bits per heavy atom. The van der Waals surface area contributed by atoms with E-state index in [-0.39, 0.29) is 18.5 Å². The van der Waals surface area contributed by atoms with Gasteiger partial charge in [0.1, 0.15) is 47.2 Å². The molecule has 34 heavy (non-hydrogen) atoms. The highest BCUT2D eigenvalue weighted by molar-refractivity contribution is 6.87. The zero-order chi connectivity index (χ0) is 25.8. The Kier molecular flexibility index (Phi) is 13.2. The van der Waals surface area contributed by atoms with Crippen molar-refractivity contribution in [2.75, 3.05) is 19.8 Å². The number of ether oxygens (including phenoxy) is 4. The summed E-state index contributed by atoms with van der Waals surface area (Å²) in [6.45, 7) is 23.0. The van der Waals surface area contributed by atoms with Crippen LogP contribution in [-0.2, 0) is 23.7 Å². The highest BCUT2D eigenvalue weighted by Gasteiger charge is 2.47. The summed E-state index contributed by atoms with van der Waals surface area (Å²) < 4.78 is 24.3. The maximum atomic E-state index is 11.6. The van der Waals surface area contributed by atoms with Crippen molar-refractivity contribution in [3.63, 3.8) is 0 Å². The fourth-order valence-corrected chi connectivity index (χ4v) is 6.93. The fraction of sp³-hybridized carbons (Fsp3) is 0.667. The molecule has 190 valence electrons. The Hall–Kier alpha value is -1.62. The first-order chi connectivity index (χ1) is 16.1. The molecule has 1 heterocycles. The number of hydrogen-bond acceptors (Lipinski definition) is 5. The van der Waals surface area contributed by atoms with Gasteiger partial charge in [-0.1, -0.05) is 58.5 Å². The summed E-state index contributed by atoms with van der Waals surface area (Å²) in [5.41, 5.74) is 7.09. The lowest BCUT2D eigenvalue weighted by atomic mass is 9.87. The molecule has 1 rings (SSSR count). The van der Waals surface area contributed by atoms with E-state index < -0.39 is 40.6 Å². The van der Waals surface area contributed by atoms with E-state index in [0.717, 1.165) is 18.1 Å². The van der Waals surface area contributed by atoms with Gasteiger partial charge in [0.15, 0.2) is 0 Å². The molecule has 7 heteroatoms. The average molecular weight is 505 g/mol. The van der Waals surface area contributed by atoms with Crippen molar-refractivity contribution in [1.29, 1.82) is 0 Å². The molecule has 1 fully saturated rings. The van der Waals surface area contributed by atoms with Crippen LogP contribution in [0.1, 0.15) is 27.7 Å². The predicted octanol–water partition coefficient (Wildman–Crippen LogP) is 5.01. The van der Waals surface area contributed by atoms with Crippen molar-refractivity contribution in [3.05, 3.63) is 25.3 Å². The van der Waals surface area contributed by atoms with Gasteiger partial charge in [0.25, 0.3) is 0 Å². The maximum absolute atomic E-state index is 11.6. The molecule has 0 aromatic heterocycles. The van der Waals surface area contributed by atoms with Gasteiger partial charge in [0.2, 0.25) is 0 Å². The van der Waals surface area contributed by atoms with E-state index in [4.69, 9.17) is 18.9 Å². The first-order valence-corrected chi connectivity index (χ1v) is 18.5. The number of carbonyl (C=O) groups is 1. The molecule has 0 saturated carbocycles. The molecule has 0 N–H and O–H groups in total. The van der Waals surface area contributed by atoms with Gasteiger partial charge >= 0.3 is 5.97 Å². The van der Waals surface area contributed by atoms with Crippen LogP contribution in [0.25, 0.3) is 0 Å². The first-order valence-electron chi connectivity index (χ1n) is 12.4. The smallest absolute Gasteiger partial charge is 0.302 e. The van der Waals surface area contributed by atoms with Crippen molar-refractivity contribution in [1.82, 2.24) is 0 Å². The third kappa shape index (κ3) is 9.56. The van der Waals surface area contributed by atoms with Crippen LogP contribution in [0.2, 0.25) is 37.8 Å². The summed E-state index contributed by atoms with van der Waals surface area (Å²) >= 11 is 0. The minimum atomic E-state index is -1.72. The molecule has 0 aliphatic carbocycles. The largest absolute Gasteiger partial charge is 0.463 e. The monoisotopic (exact) mass is 504 g/mol. The first kappa shape index (κ1) is 30.4. The lowest BCUT2D eigenvalue weighted by Crippen LogP contribution is -2.57. The zero-order valence-corrected chi connectivity index (χ0v) is 24.2. The maximum Gasteiger partial charge on any atom is 0.302 e. The van der Waals surface area contributed by atoms with E-state index in [2.05, 4.69) is 76.5 Å². The average Bonchev–Trinajstić information content (AvgIpc) is 2.80. The second kappa shape index (κ2) is 14.7. The van der Waals surface area contributed by atoms with Gasteiger partial charge < -0.3 is 18.9 Å². The second-order valence-corrected chi connectivity index (χ2v) is 19.4. The fourth-order valence-electron chi connectivity index (χ4n) is 3.85. The molecule has 1 saturated heterocycles. The molecule has 0 aromatic rings. The molecule has 0 radical (unpaired) electrons. The molecular weight excluding hydrogens is 460 g/mol. The molecular formula is C27H44O5Si2. The Morgan fingerprint density at radius 2 is 1.50 bits per heavy atom. The van der Waals surface area contributed by atoms with Crippen LogP contribution in [0.5, 0.6) is 0 Å². The van der Waals surface area contributed by atoms with E-state index in [1.807, 2.05) is 0 Å². The van der Waals surface area contributed by atoms with Crippen LogP contribution in [0.4, 0.5) is 0 Å². The van der Waals surface area contributed by atoms with Crippen molar-refractivity contribution in [3.8, 4) is 22.9 Å². The van der Waals surface area contributed by atoms with Crippen molar-refractivity contribution >= 4 is 22.1 Å². The molecule has 0 spiro atoms. The van der Waals surface area contributed by atoms with Gasteiger partial charge in [-0.3, -0.25) is 4.79 Å². The Morgan fingerprint density at radius 3 is 1.97 bits per heavy atom. The molecule has 5 atom stereocenters. The van der Waals surface area contributed by atoms with Gasteiger partial charge in [-0.25, -0.2) is 0 Å². The van der Waals surface area contributed by atoms with Gasteiger partial charge in [0, 0.05) is 6.92 Å².